The van der Waals surface area contributed by atoms with Crippen molar-refractivity contribution in [3.05, 3.63) is 24.7 Å². The molecule has 0 atom stereocenters. The van der Waals surface area contributed by atoms with Gasteiger partial charge in [0.2, 0.25) is 5.91 Å². The fourth-order valence-electron chi connectivity index (χ4n) is 3.42. The second kappa shape index (κ2) is 7.91. The summed E-state index contributed by atoms with van der Waals surface area (Å²) >= 11 is 0. The maximum Gasteiger partial charge on any atom is 0.228 e. The fraction of sp³-hybridized carbons (Fsp3) is 0.556. The summed E-state index contributed by atoms with van der Waals surface area (Å²) in [7, 11) is 0. The van der Waals surface area contributed by atoms with E-state index in [4.69, 9.17) is 5.11 Å². The van der Waals surface area contributed by atoms with Crippen LogP contribution in [-0.2, 0) is 4.79 Å². The number of amides is 1. The number of hydrogen-bond donors (Lipinski definition) is 3. The summed E-state index contributed by atoms with van der Waals surface area (Å²) in [6.07, 6.45) is 7.13. The third-order valence-electron chi connectivity index (χ3n) is 5.07. The van der Waals surface area contributed by atoms with Gasteiger partial charge in [0.1, 0.15) is 23.8 Å². The number of aliphatic hydroxyl groups excluding tert-OH is 1. The number of piperidine rings is 1. The maximum atomic E-state index is 12.1. The average Bonchev–Trinajstić information content (AvgIpc) is 3.47. The van der Waals surface area contributed by atoms with Gasteiger partial charge in [-0.2, -0.15) is 5.10 Å². The molecule has 2 aromatic heterocycles. The molecule has 3 heterocycles. The quantitative estimate of drug-likeness (QED) is 0.672. The zero-order chi connectivity index (χ0) is 18.6. The third kappa shape index (κ3) is 4.19. The van der Waals surface area contributed by atoms with Gasteiger partial charge in [-0.05, 0) is 25.7 Å². The van der Waals surface area contributed by atoms with Crippen LogP contribution in [0.5, 0.6) is 0 Å². The van der Waals surface area contributed by atoms with Crippen molar-refractivity contribution in [2.45, 2.75) is 31.7 Å². The minimum atomic E-state index is 0.0637. The number of nitrogens with zero attached hydrogens (tertiary/aromatic N) is 5. The van der Waals surface area contributed by atoms with E-state index >= 15 is 0 Å². The standard InChI is InChI=1S/C18H25N7O2/c26-10-7-19-15-11-17(21-12-20-15)24-8-4-14(5-9-24)25-16(3-6-22-25)23-18(27)13-1-2-13/h3,6,11-14,26H,1-2,4-5,7-10H2,(H,23,27)(H,19,20,21). The van der Waals surface area contributed by atoms with E-state index in [2.05, 4.69) is 30.6 Å². The molecule has 1 saturated heterocycles. The number of hydrogen-bond acceptors (Lipinski definition) is 7. The zero-order valence-electron chi connectivity index (χ0n) is 15.2. The van der Waals surface area contributed by atoms with E-state index in [0.717, 1.165) is 50.4 Å². The summed E-state index contributed by atoms with van der Waals surface area (Å²) in [4.78, 5) is 22.8. The number of carbonyl (C=O) groups excluding carboxylic acids is 1. The lowest BCUT2D eigenvalue weighted by Gasteiger charge is -2.33. The van der Waals surface area contributed by atoms with E-state index < -0.39 is 0 Å². The molecule has 27 heavy (non-hydrogen) atoms. The Morgan fingerprint density at radius 1 is 1.22 bits per heavy atom. The summed E-state index contributed by atoms with van der Waals surface area (Å²) in [6.45, 7) is 2.25. The lowest BCUT2D eigenvalue weighted by molar-refractivity contribution is -0.117. The molecular weight excluding hydrogens is 346 g/mol. The summed E-state index contributed by atoms with van der Waals surface area (Å²) in [6, 6.07) is 4.04. The van der Waals surface area contributed by atoms with E-state index in [1.807, 2.05) is 16.8 Å². The van der Waals surface area contributed by atoms with Crippen molar-refractivity contribution >= 4 is 23.4 Å². The summed E-state index contributed by atoms with van der Waals surface area (Å²) < 4.78 is 1.95. The van der Waals surface area contributed by atoms with Crippen molar-refractivity contribution in [3.63, 3.8) is 0 Å². The topological polar surface area (TPSA) is 108 Å². The first-order chi connectivity index (χ1) is 13.2. The molecule has 1 aliphatic heterocycles. The second-order valence-electron chi connectivity index (χ2n) is 7.05. The van der Waals surface area contributed by atoms with Crippen molar-refractivity contribution in [1.82, 2.24) is 19.7 Å². The molecule has 0 aromatic carbocycles. The molecule has 0 radical (unpaired) electrons. The highest BCUT2D eigenvalue weighted by atomic mass is 16.3. The van der Waals surface area contributed by atoms with E-state index in [0.29, 0.717) is 12.4 Å². The fourth-order valence-corrected chi connectivity index (χ4v) is 3.42. The highest BCUT2D eigenvalue weighted by Gasteiger charge is 2.31. The molecular formula is C18H25N7O2. The monoisotopic (exact) mass is 371 g/mol. The van der Waals surface area contributed by atoms with Crippen LogP contribution < -0.4 is 15.5 Å². The molecule has 1 aliphatic carbocycles. The van der Waals surface area contributed by atoms with Gasteiger partial charge in [-0.1, -0.05) is 0 Å². The van der Waals surface area contributed by atoms with Gasteiger partial charge in [0.05, 0.1) is 18.8 Å². The van der Waals surface area contributed by atoms with Crippen molar-refractivity contribution in [2.24, 2.45) is 5.92 Å². The molecule has 2 aliphatic rings. The Bertz CT molecular complexity index is 782. The highest BCUT2D eigenvalue weighted by Crippen LogP contribution is 2.32. The highest BCUT2D eigenvalue weighted by molar-refractivity contribution is 5.93. The van der Waals surface area contributed by atoms with E-state index in [1.165, 1.54) is 0 Å². The van der Waals surface area contributed by atoms with Crippen LogP contribution in [0.2, 0.25) is 0 Å². The van der Waals surface area contributed by atoms with Gasteiger partial charge in [0.25, 0.3) is 0 Å². The van der Waals surface area contributed by atoms with Gasteiger partial charge in [0, 0.05) is 37.7 Å². The van der Waals surface area contributed by atoms with Crippen LogP contribution >= 0.6 is 0 Å². The van der Waals surface area contributed by atoms with Crippen molar-refractivity contribution in [3.8, 4) is 0 Å². The van der Waals surface area contributed by atoms with Gasteiger partial charge < -0.3 is 20.6 Å². The largest absolute Gasteiger partial charge is 0.395 e. The Balaban J connectivity index is 1.37. The lowest BCUT2D eigenvalue weighted by Crippen LogP contribution is -2.36. The van der Waals surface area contributed by atoms with Crippen LogP contribution in [-0.4, -0.2) is 57.0 Å². The van der Waals surface area contributed by atoms with Crippen LogP contribution in [0.25, 0.3) is 0 Å². The molecule has 9 nitrogen and oxygen atoms in total. The molecule has 2 fully saturated rings. The summed E-state index contributed by atoms with van der Waals surface area (Å²) in [5, 5.41) is 19.4. The van der Waals surface area contributed by atoms with Crippen molar-refractivity contribution in [1.29, 1.82) is 0 Å². The van der Waals surface area contributed by atoms with Crippen LogP contribution in [0.15, 0.2) is 24.7 Å². The first-order valence-electron chi connectivity index (χ1n) is 9.50. The van der Waals surface area contributed by atoms with E-state index in [9.17, 15) is 4.79 Å². The molecule has 144 valence electrons. The zero-order valence-corrected chi connectivity index (χ0v) is 15.2. The van der Waals surface area contributed by atoms with Gasteiger partial charge in [-0.3, -0.25) is 4.79 Å². The van der Waals surface area contributed by atoms with Gasteiger partial charge in [-0.25, -0.2) is 14.6 Å². The number of carbonyl (C=O) groups is 1. The van der Waals surface area contributed by atoms with Crippen LogP contribution in [0.4, 0.5) is 17.5 Å². The average molecular weight is 371 g/mol. The molecule has 1 amide bonds. The summed E-state index contributed by atoms with van der Waals surface area (Å²) in [5.74, 6) is 2.68. The van der Waals surface area contributed by atoms with Gasteiger partial charge >= 0.3 is 0 Å². The van der Waals surface area contributed by atoms with E-state index in [1.54, 1.807) is 12.5 Å². The Hall–Kier alpha value is -2.68. The Morgan fingerprint density at radius 2 is 2.04 bits per heavy atom. The van der Waals surface area contributed by atoms with Gasteiger partial charge in [0.15, 0.2) is 0 Å². The third-order valence-corrected chi connectivity index (χ3v) is 5.07. The molecule has 1 saturated carbocycles. The second-order valence-corrected chi connectivity index (χ2v) is 7.05. The number of rotatable bonds is 7. The molecule has 0 spiro atoms. The molecule has 0 unspecified atom stereocenters. The first-order valence-corrected chi connectivity index (χ1v) is 9.50. The smallest absolute Gasteiger partial charge is 0.228 e. The molecule has 2 aromatic rings. The van der Waals surface area contributed by atoms with Crippen LogP contribution in [0, 0.1) is 5.92 Å². The Labute approximate surface area is 157 Å². The number of nitrogens with one attached hydrogen (secondary N) is 2. The van der Waals surface area contributed by atoms with Gasteiger partial charge in [-0.15, -0.1) is 0 Å². The number of aliphatic hydroxyl groups is 1. The lowest BCUT2D eigenvalue weighted by atomic mass is 10.1. The molecule has 3 N–H and O–H groups in total. The minimum Gasteiger partial charge on any atom is -0.395 e. The van der Waals surface area contributed by atoms with Crippen molar-refractivity contribution in [2.75, 3.05) is 41.8 Å². The van der Waals surface area contributed by atoms with Crippen molar-refractivity contribution < 1.29 is 9.90 Å². The number of aromatic nitrogens is 4. The molecule has 4 rings (SSSR count). The molecule has 0 bridgehead atoms. The minimum absolute atomic E-state index is 0.0637. The van der Waals surface area contributed by atoms with Crippen LogP contribution in [0.3, 0.4) is 0 Å². The molecule has 9 heteroatoms. The summed E-state index contributed by atoms with van der Waals surface area (Å²) in [5.41, 5.74) is 0. The maximum absolute atomic E-state index is 12.1. The predicted molar refractivity (Wildman–Crippen MR) is 102 cm³/mol. The SMILES string of the molecule is O=C(Nc1ccnn1C1CCN(c2cc(NCCO)ncn2)CC1)C1CC1. The first kappa shape index (κ1) is 17.7. The predicted octanol–water partition coefficient (Wildman–Crippen LogP) is 1.27. The van der Waals surface area contributed by atoms with Crippen LogP contribution in [0.1, 0.15) is 31.7 Å². The number of anilines is 3. The Kier molecular flexibility index (Phi) is 5.19. The van der Waals surface area contributed by atoms with E-state index in [-0.39, 0.29) is 24.5 Å². The normalized spacial score (nSPS) is 17.7. The Morgan fingerprint density at radius 3 is 2.78 bits per heavy atom.